The third-order valence-corrected chi connectivity index (χ3v) is 2.96. The van der Waals surface area contributed by atoms with Crippen molar-refractivity contribution in [3.05, 3.63) is 29.3 Å². The Balaban J connectivity index is 2.51. The van der Waals surface area contributed by atoms with Crippen molar-refractivity contribution < 1.29 is 17.2 Å². The van der Waals surface area contributed by atoms with E-state index in [9.17, 15) is 17.2 Å². The summed E-state index contributed by atoms with van der Waals surface area (Å²) in [4.78, 5) is 0. The summed E-state index contributed by atoms with van der Waals surface area (Å²) in [6.45, 7) is 0.469. The highest BCUT2D eigenvalue weighted by molar-refractivity contribution is 7.88. The van der Waals surface area contributed by atoms with Gasteiger partial charge in [-0.1, -0.05) is 0 Å². The van der Waals surface area contributed by atoms with E-state index >= 15 is 0 Å². The van der Waals surface area contributed by atoms with Gasteiger partial charge in [0.1, 0.15) is 6.07 Å². The Labute approximate surface area is 110 Å². The van der Waals surface area contributed by atoms with Gasteiger partial charge in [0.05, 0.1) is 17.5 Å². The maximum Gasteiger partial charge on any atom is 0.208 e. The van der Waals surface area contributed by atoms with Crippen LogP contribution in [0.25, 0.3) is 0 Å². The molecule has 0 aromatic heterocycles. The van der Waals surface area contributed by atoms with E-state index in [1.807, 2.05) is 0 Å². The third kappa shape index (κ3) is 4.81. The number of nitriles is 1. The van der Waals surface area contributed by atoms with Crippen LogP contribution in [0.2, 0.25) is 0 Å². The lowest BCUT2D eigenvalue weighted by molar-refractivity contribution is 0.508. The number of benzene rings is 1. The molecule has 8 heteroatoms. The highest BCUT2D eigenvalue weighted by atomic mass is 32.2. The van der Waals surface area contributed by atoms with Crippen LogP contribution in [0.15, 0.2) is 12.1 Å². The number of anilines is 1. The van der Waals surface area contributed by atoms with Crippen molar-refractivity contribution in [1.29, 1.82) is 5.26 Å². The Morgan fingerprint density at radius 2 is 1.95 bits per heavy atom. The lowest BCUT2D eigenvalue weighted by Gasteiger charge is -2.08. The Hall–Kier alpha value is -1.72. The Morgan fingerprint density at radius 1 is 1.26 bits per heavy atom. The van der Waals surface area contributed by atoms with Crippen LogP contribution < -0.4 is 10.0 Å². The van der Waals surface area contributed by atoms with E-state index in [2.05, 4.69) is 10.0 Å². The molecule has 1 rings (SSSR count). The average molecular weight is 289 g/mol. The lowest BCUT2D eigenvalue weighted by atomic mass is 10.2. The molecule has 5 nitrogen and oxygen atoms in total. The Kier molecular flexibility index (Phi) is 5.20. The maximum atomic E-state index is 13.4. The van der Waals surface area contributed by atoms with Gasteiger partial charge in [-0.2, -0.15) is 5.26 Å². The second-order valence-corrected chi connectivity index (χ2v) is 5.68. The molecule has 0 spiro atoms. The monoisotopic (exact) mass is 289 g/mol. The molecule has 0 aliphatic heterocycles. The SMILES string of the molecule is CS(=O)(=O)NCCCNc1ccc(C#N)c(F)c1F. The van der Waals surface area contributed by atoms with Crippen LogP contribution in [-0.2, 0) is 10.0 Å². The summed E-state index contributed by atoms with van der Waals surface area (Å²) in [7, 11) is -3.24. The number of rotatable bonds is 6. The number of nitrogens with one attached hydrogen (secondary N) is 2. The zero-order valence-electron chi connectivity index (χ0n) is 10.2. The maximum absolute atomic E-state index is 13.4. The van der Waals surface area contributed by atoms with Gasteiger partial charge in [0.25, 0.3) is 0 Å². The summed E-state index contributed by atoms with van der Waals surface area (Å²) in [6.07, 6.45) is 1.45. The van der Waals surface area contributed by atoms with Crippen molar-refractivity contribution in [3.63, 3.8) is 0 Å². The first-order valence-corrected chi connectivity index (χ1v) is 7.31. The van der Waals surface area contributed by atoms with Crippen molar-refractivity contribution in [3.8, 4) is 6.07 Å². The number of nitrogens with zero attached hydrogens (tertiary/aromatic N) is 1. The summed E-state index contributed by atoms with van der Waals surface area (Å²) >= 11 is 0. The molecule has 0 bridgehead atoms. The molecule has 1 aromatic carbocycles. The second-order valence-electron chi connectivity index (χ2n) is 3.85. The van der Waals surface area contributed by atoms with E-state index in [1.165, 1.54) is 18.2 Å². The van der Waals surface area contributed by atoms with Gasteiger partial charge in [-0.05, 0) is 18.6 Å². The van der Waals surface area contributed by atoms with Gasteiger partial charge in [0, 0.05) is 13.1 Å². The van der Waals surface area contributed by atoms with Crippen molar-refractivity contribution in [1.82, 2.24) is 4.72 Å². The molecular weight excluding hydrogens is 276 g/mol. The highest BCUT2D eigenvalue weighted by Gasteiger charge is 2.12. The third-order valence-electron chi connectivity index (χ3n) is 2.24. The molecule has 0 saturated heterocycles. The van der Waals surface area contributed by atoms with E-state index in [4.69, 9.17) is 5.26 Å². The summed E-state index contributed by atoms with van der Waals surface area (Å²) < 4.78 is 50.5. The van der Waals surface area contributed by atoms with Crippen LogP contribution in [0.3, 0.4) is 0 Å². The molecule has 0 amide bonds. The molecule has 19 heavy (non-hydrogen) atoms. The first-order valence-electron chi connectivity index (χ1n) is 5.42. The minimum atomic E-state index is -3.24. The molecule has 0 fully saturated rings. The largest absolute Gasteiger partial charge is 0.383 e. The van der Waals surface area contributed by atoms with Gasteiger partial charge >= 0.3 is 0 Å². The summed E-state index contributed by atoms with van der Waals surface area (Å²) in [5.41, 5.74) is -0.419. The topological polar surface area (TPSA) is 82.0 Å². The zero-order chi connectivity index (χ0) is 14.5. The summed E-state index contributed by atoms with van der Waals surface area (Å²) in [5.74, 6) is -2.31. The average Bonchev–Trinajstić information content (AvgIpc) is 2.33. The number of hydrogen-bond acceptors (Lipinski definition) is 4. The van der Waals surface area contributed by atoms with Crippen LogP contribution in [0.5, 0.6) is 0 Å². The van der Waals surface area contributed by atoms with E-state index in [1.54, 1.807) is 0 Å². The Bertz CT molecular complexity index is 597. The van der Waals surface area contributed by atoms with Crippen molar-refractivity contribution in [2.45, 2.75) is 6.42 Å². The molecule has 1 aromatic rings. The molecule has 0 saturated carbocycles. The van der Waals surface area contributed by atoms with Gasteiger partial charge in [-0.25, -0.2) is 21.9 Å². The number of halogens is 2. The second kappa shape index (κ2) is 6.45. The Morgan fingerprint density at radius 3 is 2.53 bits per heavy atom. The highest BCUT2D eigenvalue weighted by Crippen LogP contribution is 2.19. The summed E-state index contributed by atoms with van der Waals surface area (Å²) in [5, 5.41) is 11.1. The quantitative estimate of drug-likeness (QED) is 0.771. The van der Waals surface area contributed by atoms with Gasteiger partial charge < -0.3 is 5.32 Å². The lowest BCUT2D eigenvalue weighted by Crippen LogP contribution is -2.24. The first kappa shape index (κ1) is 15.3. The van der Waals surface area contributed by atoms with Crippen LogP contribution in [-0.4, -0.2) is 27.8 Å². The van der Waals surface area contributed by atoms with E-state index in [-0.39, 0.29) is 24.3 Å². The van der Waals surface area contributed by atoms with Crippen LogP contribution in [0, 0.1) is 23.0 Å². The fourth-order valence-corrected chi connectivity index (χ4v) is 1.86. The molecule has 0 aliphatic carbocycles. The molecule has 2 N–H and O–H groups in total. The molecule has 104 valence electrons. The van der Waals surface area contributed by atoms with E-state index in [0.29, 0.717) is 6.42 Å². The summed E-state index contributed by atoms with van der Waals surface area (Å²) in [6, 6.07) is 3.98. The zero-order valence-corrected chi connectivity index (χ0v) is 11.0. The first-order chi connectivity index (χ1) is 8.85. The molecule has 0 radical (unpaired) electrons. The minimum Gasteiger partial charge on any atom is -0.383 e. The predicted molar refractivity (Wildman–Crippen MR) is 67.0 cm³/mol. The van der Waals surface area contributed by atoms with Crippen LogP contribution in [0.4, 0.5) is 14.5 Å². The molecule has 0 heterocycles. The molecule has 0 atom stereocenters. The number of hydrogen-bond donors (Lipinski definition) is 2. The van der Waals surface area contributed by atoms with Crippen molar-refractivity contribution >= 4 is 15.7 Å². The van der Waals surface area contributed by atoms with Crippen LogP contribution >= 0.6 is 0 Å². The predicted octanol–water partition coefficient (Wildman–Crippen LogP) is 1.19. The number of sulfonamides is 1. The molecule has 0 aliphatic rings. The molecule has 0 unspecified atom stereocenters. The standard InChI is InChI=1S/C11H13F2N3O2S/c1-19(17,18)16-6-2-5-15-9-4-3-8(7-14)10(12)11(9)13/h3-4,15-16H,2,5-6H2,1H3. The van der Waals surface area contributed by atoms with Gasteiger partial charge in [0.15, 0.2) is 11.6 Å². The van der Waals surface area contributed by atoms with Gasteiger partial charge in [0.2, 0.25) is 10.0 Å². The fourth-order valence-electron chi connectivity index (χ4n) is 1.34. The van der Waals surface area contributed by atoms with Crippen LogP contribution in [0.1, 0.15) is 12.0 Å². The normalized spacial score (nSPS) is 11.1. The fraction of sp³-hybridized carbons (Fsp3) is 0.364. The minimum absolute atomic E-state index is 0.0594. The van der Waals surface area contributed by atoms with Gasteiger partial charge in [-0.15, -0.1) is 0 Å². The van der Waals surface area contributed by atoms with E-state index < -0.39 is 21.7 Å². The smallest absolute Gasteiger partial charge is 0.208 e. The van der Waals surface area contributed by atoms with E-state index in [0.717, 1.165) is 6.26 Å². The van der Waals surface area contributed by atoms with Gasteiger partial charge in [-0.3, -0.25) is 0 Å². The molecular formula is C11H13F2N3O2S. The van der Waals surface area contributed by atoms with Crippen molar-refractivity contribution in [2.24, 2.45) is 0 Å². The van der Waals surface area contributed by atoms with Crippen molar-refractivity contribution in [2.75, 3.05) is 24.7 Å².